The highest BCUT2D eigenvalue weighted by atomic mass is 35.5. The Morgan fingerprint density at radius 3 is 2.65 bits per heavy atom. The van der Waals surface area contributed by atoms with Gasteiger partial charge in [-0.25, -0.2) is 0 Å². The maximum atomic E-state index is 12.0. The number of carbonyl (C=O) groups is 1. The lowest BCUT2D eigenvalue weighted by Gasteiger charge is -2.15. The SMILES string of the molecule is CCC(CCCl)NC(=O)Cc1ccc2ccccc2c1. The molecule has 0 saturated carbocycles. The molecule has 3 heteroatoms. The van der Waals surface area contributed by atoms with Gasteiger partial charge in [0.15, 0.2) is 0 Å². The van der Waals surface area contributed by atoms with Crippen LogP contribution >= 0.6 is 11.6 Å². The van der Waals surface area contributed by atoms with Crippen LogP contribution in [-0.4, -0.2) is 17.8 Å². The van der Waals surface area contributed by atoms with Crippen molar-refractivity contribution in [2.45, 2.75) is 32.2 Å². The minimum Gasteiger partial charge on any atom is -0.353 e. The van der Waals surface area contributed by atoms with E-state index in [1.807, 2.05) is 18.2 Å². The van der Waals surface area contributed by atoms with Gasteiger partial charge in [-0.2, -0.15) is 0 Å². The number of carbonyl (C=O) groups excluding carboxylic acids is 1. The quantitative estimate of drug-likeness (QED) is 0.803. The summed E-state index contributed by atoms with van der Waals surface area (Å²) in [6, 6.07) is 14.5. The molecule has 1 amide bonds. The Morgan fingerprint density at radius 2 is 1.95 bits per heavy atom. The topological polar surface area (TPSA) is 29.1 Å². The molecule has 2 aromatic carbocycles. The number of nitrogens with one attached hydrogen (secondary N) is 1. The lowest BCUT2D eigenvalue weighted by Crippen LogP contribution is -2.35. The maximum absolute atomic E-state index is 12.0. The summed E-state index contributed by atoms with van der Waals surface area (Å²) >= 11 is 5.73. The van der Waals surface area contributed by atoms with Crippen molar-refractivity contribution in [1.29, 1.82) is 0 Å². The van der Waals surface area contributed by atoms with Crippen LogP contribution in [0.25, 0.3) is 10.8 Å². The first-order valence-electron chi connectivity index (χ1n) is 7.06. The minimum absolute atomic E-state index is 0.0669. The van der Waals surface area contributed by atoms with E-state index in [2.05, 4.69) is 36.5 Å². The molecule has 0 spiro atoms. The van der Waals surface area contributed by atoms with Gasteiger partial charge in [-0.1, -0.05) is 49.4 Å². The molecule has 1 N–H and O–H groups in total. The third kappa shape index (κ3) is 3.97. The summed E-state index contributed by atoms with van der Waals surface area (Å²) in [7, 11) is 0. The fraction of sp³-hybridized carbons (Fsp3) is 0.353. The van der Waals surface area contributed by atoms with Gasteiger partial charge in [-0.15, -0.1) is 11.6 Å². The summed E-state index contributed by atoms with van der Waals surface area (Å²) in [5.74, 6) is 0.645. The normalized spacial score (nSPS) is 12.3. The average Bonchev–Trinajstić information content (AvgIpc) is 2.46. The minimum atomic E-state index is 0.0669. The first kappa shape index (κ1) is 14.9. The zero-order valence-corrected chi connectivity index (χ0v) is 12.5. The predicted octanol–water partition coefficient (Wildman–Crippen LogP) is 3.91. The van der Waals surface area contributed by atoms with E-state index in [-0.39, 0.29) is 11.9 Å². The van der Waals surface area contributed by atoms with E-state index in [0.29, 0.717) is 12.3 Å². The Bertz CT molecular complexity index is 582. The molecular weight excluding hydrogens is 270 g/mol. The van der Waals surface area contributed by atoms with Gasteiger partial charge in [-0.05, 0) is 29.2 Å². The van der Waals surface area contributed by atoms with E-state index >= 15 is 0 Å². The highest BCUT2D eigenvalue weighted by Gasteiger charge is 2.10. The number of hydrogen-bond donors (Lipinski definition) is 1. The summed E-state index contributed by atoms with van der Waals surface area (Å²) < 4.78 is 0. The standard InChI is InChI=1S/C17H20ClNO/c1-2-16(9-10-18)19-17(20)12-13-7-8-14-5-3-4-6-15(14)11-13/h3-8,11,16H,2,9-10,12H2,1H3,(H,19,20). The van der Waals surface area contributed by atoms with Crippen molar-refractivity contribution >= 4 is 28.3 Å². The van der Waals surface area contributed by atoms with Crippen LogP contribution in [0, 0.1) is 0 Å². The molecule has 1 unspecified atom stereocenters. The van der Waals surface area contributed by atoms with Gasteiger partial charge in [0.05, 0.1) is 6.42 Å². The number of benzene rings is 2. The molecule has 1 atom stereocenters. The van der Waals surface area contributed by atoms with Gasteiger partial charge in [0.1, 0.15) is 0 Å². The Morgan fingerprint density at radius 1 is 1.20 bits per heavy atom. The van der Waals surface area contributed by atoms with Gasteiger partial charge in [0.2, 0.25) is 5.91 Å². The summed E-state index contributed by atoms with van der Waals surface area (Å²) in [5.41, 5.74) is 1.04. The second-order valence-corrected chi connectivity index (χ2v) is 5.39. The van der Waals surface area contributed by atoms with Crippen LogP contribution in [-0.2, 0) is 11.2 Å². The molecular formula is C17H20ClNO. The monoisotopic (exact) mass is 289 g/mol. The van der Waals surface area contributed by atoms with Crippen LogP contribution in [0.15, 0.2) is 42.5 Å². The Labute approximate surface area is 125 Å². The molecule has 0 radical (unpaired) electrons. The van der Waals surface area contributed by atoms with E-state index in [0.717, 1.165) is 18.4 Å². The lowest BCUT2D eigenvalue weighted by molar-refractivity contribution is -0.121. The van der Waals surface area contributed by atoms with E-state index in [1.165, 1.54) is 10.8 Å². The summed E-state index contributed by atoms with van der Waals surface area (Å²) in [4.78, 5) is 12.0. The number of fused-ring (bicyclic) bond motifs is 1. The Hall–Kier alpha value is -1.54. The van der Waals surface area contributed by atoms with Crippen molar-refractivity contribution in [2.75, 3.05) is 5.88 Å². The largest absolute Gasteiger partial charge is 0.353 e. The van der Waals surface area contributed by atoms with E-state index in [4.69, 9.17) is 11.6 Å². The van der Waals surface area contributed by atoms with Crippen molar-refractivity contribution in [3.05, 3.63) is 48.0 Å². The molecule has 0 heterocycles. The van der Waals surface area contributed by atoms with Crippen molar-refractivity contribution in [3.63, 3.8) is 0 Å². The first-order valence-corrected chi connectivity index (χ1v) is 7.59. The molecule has 0 aliphatic rings. The zero-order chi connectivity index (χ0) is 14.4. The smallest absolute Gasteiger partial charge is 0.224 e. The molecule has 2 rings (SSSR count). The van der Waals surface area contributed by atoms with Crippen molar-refractivity contribution in [3.8, 4) is 0 Å². The average molecular weight is 290 g/mol. The fourth-order valence-corrected chi connectivity index (χ4v) is 2.59. The lowest BCUT2D eigenvalue weighted by atomic mass is 10.0. The summed E-state index contributed by atoms with van der Waals surface area (Å²) in [6.07, 6.45) is 2.15. The summed E-state index contributed by atoms with van der Waals surface area (Å²) in [6.45, 7) is 2.06. The molecule has 2 aromatic rings. The van der Waals surface area contributed by atoms with Crippen LogP contribution in [0.3, 0.4) is 0 Å². The second kappa shape index (κ2) is 7.30. The molecule has 0 fully saturated rings. The second-order valence-electron chi connectivity index (χ2n) is 5.01. The van der Waals surface area contributed by atoms with Gasteiger partial charge >= 0.3 is 0 Å². The van der Waals surface area contributed by atoms with Crippen LogP contribution in [0.1, 0.15) is 25.3 Å². The van der Waals surface area contributed by atoms with E-state index < -0.39 is 0 Å². The highest BCUT2D eigenvalue weighted by Crippen LogP contribution is 2.16. The molecule has 0 aliphatic carbocycles. The van der Waals surface area contributed by atoms with Gasteiger partial charge < -0.3 is 5.32 Å². The van der Waals surface area contributed by atoms with Crippen molar-refractivity contribution in [1.82, 2.24) is 5.32 Å². The van der Waals surface area contributed by atoms with Crippen LogP contribution in [0.4, 0.5) is 0 Å². The van der Waals surface area contributed by atoms with Gasteiger partial charge in [0, 0.05) is 11.9 Å². The molecule has 106 valence electrons. The van der Waals surface area contributed by atoms with Crippen LogP contribution in [0.2, 0.25) is 0 Å². The molecule has 0 aromatic heterocycles. The number of hydrogen-bond acceptors (Lipinski definition) is 1. The third-order valence-electron chi connectivity index (χ3n) is 3.49. The Balaban J connectivity index is 2.02. The van der Waals surface area contributed by atoms with Gasteiger partial charge in [-0.3, -0.25) is 4.79 Å². The van der Waals surface area contributed by atoms with Crippen molar-refractivity contribution in [2.24, 2.45) is 0 Å². The molecule has 0 saturated heterocycles. The zero-order valence-electron chi connectivity index (χ0n) is 11.7. The third-order valence-corrected chi connectivity index (χ3v) is 3.71. The number of halogens is 1. The molecule has 20 heavy (non-hydrogen) atoms. The number of amides is 1. The predicted molar refractivity (Wildman–Crippen MR) is 85.2 cm³/mol. The maximum Gasteiger partial charge on any atom is 0.224 e. The van der Waals surface area contributed by atoms with Crippen molar-refractivity contribution < 1.29 is 4.79 Å². The molecule has 0 aliphatic heterocycles. The summed E-state index contributed by atoms with van der Waals surface area (Å²) in [5, 5.41) is 5.41. The highest BCUT2D eigenvalue weighted by molar-refractivity contribution is 6.17. The van der Waals surface area contributed by atoms with Crippen LogP contribution < -0.4 is 5.32 Å². The number of alkyl halides is 1. The molecule has 0 bridgehead atoms. The molecule has 2 nitrogen and oxygen atoms in total. The van der Waals surface area contributed by atoms with Gasteiger partial charge in [0.25, 0.3) is 0 Å². The van der Waals surface area contributed by atoms with E-state index in [9.17, 15) is 4.79 Å². The fourth-order valence-electron chi connectivity index (χ4n) is 2.32. The van der Waals surface area contributed by atoms with Crippen LogP contribution in [0.5, 0.6) is 0 Å². The van der Waals surface area contributed by atoms with E-state index in [1.54, 1.807) is 0 Å². The number of rotatable bonds is 6. The first-order chi connectivity index (χ1) is 9.72. The Kier molecular flexibility index (Phi) is 5.42.